The van der Waals surface area contributed by atoms with Gasteiger partial charge in [-0.25, -0.2) is 0 Å². The van der Waals surface area contributed by atoms with Crippen molar-refractivity contribution in [3.8, 4) is 5.75 Å². The van der Waals surface area contributed by atoms with Gasteiger partial charge in [0.2, 0.25) is 0 Å². The Bertz CT molecular complexity index is 342. The van der Waals surface area contributed by atoms with Crippen LogP contribution in [0.5, 0.6) is 5.75 Å². The summed E-state index contributed by atoms with van der Waals surface area (Å²) in [5, 5.41) is 0. The van der Waals surface area contributed by atoms with E-state index in [0.717, 1.165) is 11.8 Å². The van der Waals surface area contributed by atoms with E-state index in [9.17, 15) is 4.79 Å². The number of aryl methyl sites for hydroxylation is 1. The van der Waals surface area contributed by atoms with E-state index >= 15 is 0 Å². The fourth-order valence-electron chi connectivity index (χ4n) is 1.12. The minimum absolute atomic E-state index is 0.0867. The average molecular weight is 190 g/mol. The van der Waals surface area contributed by atoms with Crippen molar-refractivity contribution in [1.82, 2.24) is 0 Å². The molecule has 2 nitrogen and oxygen atoms in total. The summed E-state index contributed by atoms with van der Waals surface area (Å²) >= 11 is 0. The van der Waals surface area contributed by atoms with Crippen LogP contribution in [-0.2, 0) is 0 Å². The van der Waals surface area contributed by atoms with Crippen LogP contribution in [0.15, 0.2) is 30.9 Å². The lowest BCUT2D eigenvalue weighted by molar-refractivity contribution is 0.111. The van der Waals surface area contributed by atoms with Gasteiger partial charge in [0.25, 0.3) is 0 Å². The quantitative estimate of drug-likeness (QED) is 0.539. The lowest BCUT2D eigenvalue weighted by atomic mass is 10.1. The van der Waals surface area contributed by atoms with Crippen LogP contribution in [0.1, 0.15) is 22.8 Å². The van der Waals surface area contributed by atoms with E-state index < -0.39 is 0 Å². The van der Waals surface area contributed by atoms with E-state index in [2.05, 4.69) is 6.58 Å². The second-order valence-corrected chi connectivity index (χ2v) is 3.22. The van der Waals surface area contributed by atoms with Gasteiger partial charge in [0.05, 0.1) is 5.56 Å². The number of ether oxygens (including phenoxy) is 1. The van der Waals surface area contributed by atoms with Crippen molar-refractivity contribution in [2.75, 3.05) is 0 Å². The smallest absolute Gasteiger partial charge is 0.153 e. The number of carbonyl (C=O) groups excluding carboxylic acids is 1. The number of benzene rings is 1. The molecular weight excluding hydrogens is 176 g/mol. The average Bonchev–Trinajstić information content (AvgIpc) is 2.20. The van der Waals surface area contributed by atoms with Crippen LogP contribution in [0.3, 0.4) is 0 Å². The zero-order valence-corrected chi connectivity index (χ0v) is 8.49. The molecule has 0 heterocycles. The summed E-state index contributed by atoms with van der Waals surface area (Å²) < 4.78 is 5.49. The molecule has 14 heavy (non-hydrogen) atoms. The van der Waals surface area contributed by atoms with E-state index in [1.54, 1.807) is 18.2 Å². The number of carbonyl (C=O) groups is 1. The summed E-state index contributed by atoms with van der Waals surface area (Å²) in [6, 6.07) is 5.52. The Morgan fingerprint density at radius 1 is 1.50 bits per heavy atom. The maximum absolute atomic E-state index is 10.7. The first-order valence-corrected chi connectivity index (χ1v) is 4.52. The maximum atomic E-state index is 10.7. The van der Waals surface area contributed by atoms with Gasteiger partial charge < -0.3 is 4.74 Å². The van der Waals surface area contributed by atoms with Crippen molar-refractivity contribution in [1.29, 1.82) is 0 Å². The van der Waals surface area contributed by atoms with Crippen LogP contribution in [-0.4, -0.2) is 12.4 Å². The third-order valence-electron chi connectivity index (χ3n) is 1.94. The lowest BCUT2D eigenvalue weighted by Crippen LogP contribution is -2.08. The zero-order valence-electron chi connectivity index (χ0n) is 8.49. The molecule has 0 aliphatic heterocycles. The molecule has 0 amide bonds. The predicted octanol–water partition coefficient (Wildman–Crippen LogP) is 2.76. The topological polar surface area (TPSA) is 26.3 Å². The second-order valence-electron chi connectivity index (χ2n) is 3.22. The first kappa shape index (κ1) is 10.5. The summed E-state index contributed by atoms with van der Waals surface area (Å²) in [4.78, 5) is 10.7. The Balaban J connectivity index is 2.96. The largest absolute Gasteiger partial charge is 0.486 e. The van der Waals surface area contributed by atoms with Gasteiger partial charge in [0, 0.05) is 0 Å². The minimum atomic E-state index is -0.0867. The molecule has 0 N–H and O–H groups in total. The second kappa shape index (κ2) is 4.61. The molecule has 1 unspecified atom stereocenters. The van der Waals surface area contributed by atoms with Gasteiger partial charge in [-0.1, -0.05) is 24.3 Å². The van der Waals surface area contributed by atoms with Crippen LogP contribution >= 0.6 is 0 Å². The highest BCUT2D eigenvalue weighted by atomic mass is 16.5. The fourth-order valence-corrected chi connectivity index (χ4v) is 1.12. The monoisotopic (exact) mass is 190 g/mol. The Morgan fingerprint density at radius 3 is 2.79 bits per heavy atom. The van der Waals surface area contributed by atoms with Gasteiger partial charge in [-0.15, -0.1) is 0 Å². The Morgan fingerprint density at radius 2 is 2.21 bits per heavy atom. The number of aldehydes is 1. The molecule has 0 spiro atoms. The molecule has 0 radical (unpaired) electrons. The lowest BCUT2D eigenvalue weighted by Gasteiger charge is -2.12. The van der Waals surface area contributed by atoms with Gasteiger partial charge in [0.15, 0.2) is 6.29 Å². The third kappa shape index (κ3) is 2.46. The Labute approximate surface area is 84.2 Å². The molecule has 0 aliphatic carbocycles. The number of hydrogen-bond donors (Lipinski definition) is 0. The molecule has 1 atom stereocenters. The molecule has 2 heteroatoms. The van der Waals surface area contributed by atoms with Gasteiger partial charge >= 0.3 is 0 Å². The molecule has 1 aromatic rings. The first-order chi connectivity index (χ1) is 6.67. The van der Waals surface area contributed by atoms with Gasteiger partial charge in [-0.2, -0.15) is 0 Å². The van der Waals surface area contributed by atoms with Gasteiger partial charge in [0.1, 0.15) is 11.9 Å². The number of rotatable bonds is 4. The van der Waals surface area contributed by atoms with Gasteiger partial charge in [-0.3, -0.25) is 4.79 Å². The van der Waals surface area contributed by atoms with Crippen LogP contribution in [0.2, 0.25) is 0 Å². The summed E-state index contributed by atoms with van der Waals surface area (Å²) in [5.41, 5.74) is 1.63. The molecule has 0 bridgehead atoms. The van der Waals surface area contributed by atoms with Crippen LogP contribution in [0.25, 0.3) is 0 Å². The van der Waals surface area contributed by atoms with Crippen LogP contribution in [0, 0.1) is 6.92 Å². The van der Waals surface area contributed by atoms with Crippen molar-refractivity contribution >= 4 is 6.29 Å². The van der Waals surface area contributed by atoms with E-state index in [1.165, 1.54) is 0 Å². The normalized spacial score (nSPS) is 11.9. The molecule has 0 fully saturated rings. The minimum Gasteiger partial charge on any atom is -0.486 e. The standard InChI is InChI=1S/C12H14O2/c1-4-10(3)14-12-6-5-9(2)7-11(12)8-13/h4-8,10H,1H2,2-3H3. The third-order valence-corrected chi connectivity index (χ3v) is 1.94. The molecule has 74 valence electrons. The summed E-state index contributed by atoms with van der Waals surface area (Å²) in [7, 11) is 0. The summed E-state index contributed by atoms with van der Waals surface area (Å²) in [5.74, 6) is 0.609. The summed E-state index contributed by atoms with van der Waals surface area (Å²) in [6.07, 6.45) is 2.41. The van der Waals surface area contributed by atoms with Crippen molar-refractivity contribution in [2.45, 2.75) is 20.0 Å². The van der Waals surface area contributed by atoms with E-state index in [-0.39, 0.29) is 6.10 Å². The van der Waals surface area contributed by atoms with Crippen LogP contribution < -0.4 is 4.74 Å². The van der Waals surface area contributed by atoms with E-state index in [4.69, 9.17) is 4.74 Å². The van der Waals surface area contributed by atoms with E-state index in [0.29, 0.717) is 11.3 Å². The van der Waals surface area contributed by atoms with Crippen molar-refractivity contribution in [3.63, 3.8) is 0 Å². The molecule has 1 rings (SSSR count). The molecule has 1 aromatic carbocycles. The van der Waals surface area contributed by atoms with Crippen molar-refractivity contribution in [2.24, 2.45) is 0 Å². The zero-order chi connectivity index (χ0) is 10.6. The van der Waals surface area contributed by atoms with Crippen molar-refractivity contribution in [3.05, 3.63) is 42.0 Å². The SMILES string of the molecule is C=CC(C)Oc1ccc(C)cc1C=O. The highest BCUT2D eigenvalue weighted by Crippen LogP contribution is 2.19. The first-order valence-electron chi connectivity index (χ1n) is 4.52. The summed E-state index contributed by atoms with van der Waals surface area (Å²) in [6.45, 7) is 7.43. The van der Waals surface area contributed by atoms with Crippen molar-refractivity contribution < 1.29 is 9.53 Å². The Kier molecular flexibility index (Phi) is 3.46. The number of hydrogen-bond acceptors (Lipinski definition) is 2. The van der Waals surface area contributed by atoms with Gasteiger partial charge in [-0.05, 0) is 26.0 Å². The molecule has 0 saturated carbocycles. The fraction of sp³-hybridized carbons (Fsp3) is 0.250. The predicted molar refractivity (Wildman–Crippen MR) is 56.9 cm³/mol. The molecule has 0 aromatic heterocycles. The molecular formula is C12H14O2. The Hall–Kier alpha value is -1.57. The maximum Gasteiger partial charge on any atom is 0.153 e. The molecule has 0 saturated heterocycles. The highest BCUT2D eigenvalue weighted by Gasteiger charge is 2.05. The highest BCUT2D eigenvalue weighted by molar-refractivity contribution is 5.79. The van der Waals surface area contributed by atoms with Crippen LogP contribution in [0.4, 0.5) is 0 Å². The molecule has 0 aliphatic rings. The van der Waals surface area contributed by atoms with E-state index in [1.807, 2.05) is 19.9 Å².